The number of nitrogens with zero attached hydrogens (tertiary/aromatic N) is 2. The lowest BCUT2D eigenvalue weighted by molar-refractivity contribution is 0.413. The standard InChI is InChI=1S/C16H15BrN2O/c1-11-7-15(20-2)9-14(18-11)10-19-6-5-12-3-4-13(17)8-16(12)19/h3-9H,10H2,1-2H3. The summed E-state index contributed by atoms with van der Waals surface area (Å²) in [6.07, 6.45) is 2.09. The van der Waals surface area contributed by atoms with Crippen LogP contribution in [0.25, 0.3) is 10.9 Å². The Hall–Kier alpha value is -1.81. The van der Waals surface area contributed by atoms with Gasteiger partial charge in [0.15, 0.2) is 0 Å². The second kappa shape index (κ2) is 5.29. The SMILES string of the molecule is COc1cc(C)nc(Cn2ccc3ccc(Br)cc32)c1. The van der Waals surface area contributed by atoms with Gasteiger partial charge in [0.25, 0.3) is 0 Å². The Bertz CT molecular complexity index is 764. The first kappa shape index (κ1) is 13.2. The monoisotopic (exact) mass is 330 g/mol. The molecular weight excluding hydrogens is 316 g/mol. The highest BCUT2D eigenvalue weighted by molar-refractivity contribution is 9.10. The van der Waals surface area contributed by atoms with Gasteiger partial charge in [-0.1, -0.05) is 22.0 Å². The van der Waals surface area contributed by atoms with Crippen LogP contribution in [-0.4, -0.2) is 16.7 Å². The van der Waals surface area contributed by atoms with Gasteiger partial charge in [0.2, 0.25) is 0 Å². The molecule has 3 nitrogen and oxygen atoms in total. The Morgan fingerprint density at radius 1 is 1.20 bits per heavy atom. The van der Waals surface area contributed by atoms with Gasteiger partial charge in [0.1, 0.15) is 5.75 Å². The van der Waals surface area contributed by atoms with Crippen LogP contribution in [-0.2, 0) is 6.54 Å². The fourth-order valence-corrected chi connectivity index (χ4v) is 2.72. The first-order valence-corrected chi connectivity index (χ1v) is 7.21. The number of rotatable bonds is 3. The summed E-state index contributed by atoms with van der Waals surface area (Å²) in [6.45, 7) is 2.72. The molecule has 2 heterocycles. The molecule has 2 aromatic heterocycles. The van der Waals surface area contributed by atoms with Gasteiger partial charge < -0.3 is 9.30 Å². The van der Waals surface area contributed by atoms with Gasteiger partial charge in [0.05, 0.1) is 19.3 Å². The summed E-state index contributed by atoms with van der Waals surface area (Å²) in [5, 5.41) is 1.23. The number of aryl methyl sites for hydroxylation is 1. The average Bonchev–Trinajstić information content (AvgIpc) is 2.80. The molecule has 0 saturated heterocycles. The minimum absolute atomic E-state index is 0.734. The molecule has 0 fully saturated rings. The van der Waals surface area contributed by atoms with Crippen LogP contribution in [0, 0.1) is 6.92 Å². The zero-order chi connectivity index (χ0) is 14.1. The molecule has 3 aromatic rings. The molecule has 0 aliphatic carbocycles. The third-order valence-electron chi connectivity index (χ3n) is 3.28. The topological polar surface area (TPSA) is 27.1 Å². The lowest BCUT2D eigenvalue weighted by Gasteiger charge is -2.08. The second-order valence-corrected chi connectivity index (χ2v) is 5.70. The summed E-state index contributed by atoms with van der Waals surface area (Å²) in [5.74, 6) is 0.852. The van der Waals surface area contributed by atoms with Gasteiger partial charge in [-0.3, -0.25) is 4.98 Å². The Labute approximate surface area is 126 Å². The first-order chi connectivity index (χ1) is 9.65. The zero-order valence-corrected chi connectivity index (χ0v) is 13.0. The van der Waals surface area contributed by atoms with Gasteiger partial charge in [0, 0.05) is 34.0 Å². The van der Waals surface area contributed by atoms with Gasteiger partial charge in [-0.2, -0.15) is 0 Å². The molecule has 0 aliphatic rings. The van der Waals surface area contributed by atoms with Crippen molar-refractivity contribution in [3.8, 4) is 5.75 Å². The molecule has 20 heavy (non-hydrogen) atoms. The van der Waals surface area contributed by atoms with Crippen LogP contribution >= 0.6 is 15.9 Å². The molecule has 0 amide bonds. The van der Waals surface area contributed by atoms with Crippen molar-refractivity contribution in [2.75, 3.05) is 7.11 Å². The van der Waals surface area contributed by atoms with E-state index in [0.29, 0.717) is 0 Å². The van der Waals surface area contributed by atoms with Crippen molar-refractivity contribution < 1.29 is 4.74 Å². The van der Waals surface area contributed by atoms with E-state index >= 15 is 0 Å². The average molecular weight is 331 g/mol. The maximum atomic E-state index is 5.30. The summed E-state index contributed by atoms with van der Waals surface area (Å²) in [6, 6.07) is 12.3. The van der Waals surface area contributed by atoms with E-state index in [9.17, 15) is 0 Å². The van der Waals surface area contributed by atoms with Crippen molar-refractivity contribution >= 4 is 26.8 Å². The number of aromatic nitrogens is 2. The van der Waals surface area contributed by atoms with E-state index in [0.717, 1.165) is 28.2 Å². The molecule has 1 aromatic carbocycles. The summed E-state index contributed by atoms with van der Waals surface area (Å²) in [7, 11) is 1.68. The number of hydrogen-bond donors (Lipinski definition) is 0. The van der Waals surface area contributed by atoms with Crippen molar-refractivity contribution in [3.05, 3.63) is 58.5 Å². The van der Waals surface area contributed by atoms with Crippen molar-refractivity contribution in [2.45, 2.75) is 13.5 Å². The van der Waals surface area contributed by atoms with E-state index in [4.69, 9.17) is 4.74 Å². The van der Waals surface area contributed by atoms with E-state index in [1.54, 1.807) is 7.11 Å². The number of methoxy groups -OCH3 is 1. The number of hydrogen-bond acceptors (Lipinski definition) is 2. The Kier molecular flexibility index (Phi) is 3.49. The highest BCUT2D eigenvalue weighted by atomic mass is 79.9. The smallest absolute Gasteiger partial charge is 0.122 e. The summed E-state index contributed by atoms with van der Waals surface area (Å²) >= 11 is 3.52. The van der Waals surface area contributed by atoms with Crippen LogP contribution in [0.3, 0.4) is 0 Å². The van der Waals surface area contributed by atoms with E-state index in [1.807, 2.05) is 19.1 Å². The molecule has 0 atom stereocenters. The quantitative estimate of drug-likeness (QED) is 0.720. The number of fused-ring (bicyclic) bond motifs is 1. The van der Waals surface area contributed by atoms with Gasteiger partial charge in [-0.15, -0.1) is 0 Å². The molecule has 0 bridgehead atoms. The predicted molar refractivity (Wildman–Crippen MR) is 84.3 cm³/mol. The second-order valence-electron chi connectivity index (χ2n) is 4.79. The Morgan fingerprint density at radius 2 is 2.05 bits per heavy atom. The largest absolute Gasteiger partial charge is 0.497 e. The van der Waals surface area contributed by atoms with Crippen LogP contribution in [0.4, 0.5) is 0 Å². The maximum Gasteiger partial charge on any atom is 0.122 e. The summed E-state index contributed by atoms with van der Waals surface area (Å²) < 4.78 is 8.58. The van der Waals surface area contributed by atoms with E-state index < -0.39 is 0 Å². The summed E-state index contributed by atoms with van der Waals surface area (Å²) in [5.41, 5.74) is 3.16. The van der Waals surface area contributed by atoms with E-state index in [1.165, 1.54) is 10.9 Å². The molecular formula is C16H15BrN2O. The molecule has 0 saturated carbocycles. The highest BCUT2D eigenvalue weighted by Crippen LogP contribution is 2.22. The Balaban J connectivity index is 2.00. The predicted octanol–water partition coefficient (Wildman–Crippen LogP) is 4.16. The van der Waals surface area contributed by atoms with Crippen LogP contribution in [0.1, 0.15) is 11.4 Å². The van der Waals surface area contributed by atoms with Crippen molar-refractivity contribution in [2.24, 2.45) is 0 Å². The fourth-order valence-electron chi connectivity index (χ4n) is 2.37. The highest BCUT2D eigenvalue weighted by Gasteiger charge is 2.05. The lowest BCUT2D eigenvalue weighted by atomic mass is 10.2. The molecule has 0 N–H and O–H groups in total. The van der Waals surface area contributed by atoms with Crippen LogP contribution in [0.15, 0.2) is 47.1 Å². The maximum absolute atomic E-state index is 5.30. The number of benzene rings is 1. The summed E-state index contributed by atoms with van der Waals surface area (Å²) in [4.78, 5) is 4.57. The molecule has 0 unspecified atom stereocenters. The minimum atomic E-state index is 0.734. The third-order valence-corrected chi connectivity index (χ3v) is 3.78. The zero-order valence-electron chi connectivity index (χ0n) is 11.4. The molecule has 102 valence electrons. The van der Waals surface area contributed by atoms with Crippen LogP contribution in [0.2, 0.25) is 0 Å². The number of ether oxygens (including phenoxy) is 1. The third kappa shape index (κ3) is 2.56. The van der Waals surface area contributed by atoms with Crippen molar-refractivity contribution in [3.63, 3.8) is 0 Å². The molecule has 3 rings (SSSR count). The van der Waals surface area contributed by atoms with Gasteiger partial charge in [-0.25, -0.2) is 0 Å². The van der Waals surface area contributed by atoms with Gasteiger partial charge in [-0.05, 0) is 30.5 Å². The molecule has 0 aliphatic heterocycles. The Morgan fingerprint density at radius 3 is 2.85 bits per heavy atom. The van der Waals surface area contributed by atoms with E-state index in [2.05, 4.69) is 55.9 Å². The van der Waals surface area contributed by atoms with Crippen molar-refractivity contribution in [1.29, 1.82) is 0 Å². The lowest BCUT2D eigenvalue weighted by Crippen LogP contribution is -2.02. The fraction of sp³-hybridized carbons (Fsp3) is 0.188. The van der Waals surface area contributed by atoms with Crippen molar-refractivity contribution in [1.82, 2.24) is 9.55 Å². The van der Waals surface area contributed by atoms with Crippen LogP contribution < -0.4 is 4.74 Å². The molecule has 0 radical (unpaired) electrons. The first-order valence-electron chi connectivity index (χ1n) is 6.41. The minimum Gasteiger partial charge on any atom is -0.497 e. The van der Waals surface area contributed by atoms with Crippen LogP contribution in [0.5, 0.6) is 5.75 Å². The molecule has 4 heteroatoms. The van der Waals surface area contributed by atoms with Gasteiger partial charge >= 0.3 is 0 Å². The molecule has 0 spiro atoms. The van der Waals surface area contributed by atoms with E-state index in [-0.39, 0.29) is 0 Å². The normalized spacial score (nSPS) is 10.9. The number of halogens is 1. The number of pyridine rings is 1.